The first-order valence-electron chi connectivity index (χ1n) is 9.14. The molecule has 3 aliphatic heterocycles. The van der Waals surface area contributed by atoms with Crippen molar-refractivity contribution in [2.24, 2.45) is 23.7 Å². The number of hydrogen-bond acceptors (Lipinski definition) is 4. The molecule has 8 atom stereocenters. The molecule has 22 heavy (non-hydrogen) atoms. The van der Waals surface area contributed by atoms with Gasteiger partial charge in [0.05, 0.1) is 6.10 Å². The molecule has 2 unspecified atom stereocenters. The second-order valence-corrected chi connectivity index (χ2v) is 8.24. The molecule has 3 saturated heterocycles. The van der Waals surface area contributed by atoms with Gasteiger partial charge in [-0.2, -0.15) is 0 Å². The van der Waals surface area contributed by atoms with E-state index in [9.17, 15) is 0 Å². The van der Waals surface area contributed by atoms with Crippen LogP contribution >= 0.6 is 0 Å². The van der Waals surface area contributed by atoms with Gasteiger partial charge >= 0.3 is 0 Å². The average molecular weight is 310 g/mol. The van der Waals surface area contributed by atoms with Crippen molar-refractivity contribution in [1.29, 1.82) is 0 Å². The van der Waals surface area contributed by atoms with Gasteiger partial charge in [0, 0.05) is 13.0 Å². The molecule has 0 aromatic heterocycles. The van der Waals surface area contributed by atoms with E-state index in [0.29, 0.717) is 23.7 Å². The maximum Gasteiger partial charge on any atom is 0.190 e. The molecule has 1 spiro atoms. The van der Waals surface area contributed by atoms with Crippen molar-refractivity contribution in [2.45, 2.75) is 83.1 Å². The van der Waals surface area contributed by atoms with Crippen LogP contribution in [0.1, 0.15) is 59.3 Å². The number of aliphatic hydroxyl groups is 1. The van der Waals surface area contributed by atoms with E-state index in [0.717, 1.165) is 19.3 Å². The lowest BCUT2D eigenvalue weighted by atomic mass is 9.56. The molecule has 4 heteroatoms. The van der Waals surface area contributed by atoms with E-state index >= 15 is 0 Å². The summed E-state index contributed by atoms with van der Waals surface area (Å²) in [5.74, 6) is 1.80. The fourth-order valence-electron chi connectivity index (χ4n) is 5.87. The van der Waals surface area contributed by atoms with E-state index in [2.05, 4.69) is 20.8 Å². The normalized spacial score (nSPS) is 56.7. The molecule has 4 aliphatic rings. The van der Waals surface area contributed by atoms with Crippen molar-refractivity contribution in [1.82, 2.24) is 0 Å². The van der Waals surface area contributed by atoms with Gasteiger partial charge in [-0.1, -0.05) is 13.8 Å². The van der Waals surface area contributed by atoms with E-state index in [1.807, 2.05) is 0 Å². The first-order valence-corrected chi connectivity index (χ1v) is 9.14. The Morgan fingerprint density at radius 2 is 1.95 bits per heavy atom. The van der Waals surface area contributed by atoms with Crippen LogP contribution in [0.2, 0.25) is 0 Å². The third kappa shape index (κ3) is 1.97. The summed E-state index contributed by atoms with van der Waals surface area (Å²) in [5, 5.41) is 9.16. The predicted octanol–water partition coefficient (Wildman–Crippen LogP) is 3.08. The van der Waals surface area contributed by atoms with Crippen LogP contribution in [0.3, 0.4) is 0 Å². The quantitative estimate of drug-likeness (QED) is 0.870. The van der Waals surface area contributed by atoms with Crippen LogP contribution in [0.4, 0.5) is 0 Å². The number of rotatable bonds is 3. The number of aliphatic hydroxyl groups excluding tert-OH is 1. The van der Waals surface area contributed by atoms with Crippen LogP contribution in [0.5, 0.6) is 0 Å². The molecule has 126 valence electrons. The zero-order valence-electron chi connectivity index (χ0n) is 14.1. The fraction of sp³-hybridized carbons (Fsp3) is 1.00. The van der Waals surface area contributed by atoms with E-state index in [1.165, 1.54) is 19.3 Å². The Kier molecular flexibility index (Phi) is 3.61. The number of fused-ring (bicyclic) bond motifs is 1. The van der Waals surface area contributed by atoms with E-state index < -0.39 is 5.79 Å². The second-order valence-electron chi connectivity index (χ2n) is 8.24. The molecule has 0 aromatic carbocycles. The van der Waals surface area contributed by atoms with Crippen molar-refractivity contribution in [3.63, 3.8) is 0 Å². The second kappa shape index (κ2) is 5.17. The third-order valence-corrected chi connectivity index (χ3v) is 6.97. The minimum absolute atomic E-state index is 0.188. The Morgan fingerprint density at radius 3 is 2.73 bits per heavy atom. The maximum atomic E-state index is 9.16. The van der Waals surface area contributed by atoms with Gasteiger partial charge < -0.3 is 19.3 Å². The smallest absolute Gasteiger partial charge is 0.190 e. The van der Waals surface area contributed by atoms with Crippen LogP contribution in [-0.4, -0.2) is 35.5 Å². The Hall–Kier alpha value is -0.160. The largest absolute Gasteiger partial charge is 0.396 e. The molecule has 4 fully saturated rings. The van der Waals surface area contributed by atoms with E-state index in [4.69, 9.17) is 19.3 Å². The minimum atomic E-state index is -0.456. The van der Waals surface area contributed by atoms with Gasteiger partial charge in [-0.3, -0.25) is 0 Å². The molecular weight excluding hydrogens is 280 g/mol. The summed E-state index contributed by atoms with van der Waals surface area (Å²) in [4.78, 5) is 0. The molecule has 4 nitrogen and oxygen atoms in total. The highest BCUT2D eigenvalue weighted by Gasteiger charge is 2.71. The summed E-state index contributed by atoms with van der Waals surface area (Å²) in [5.41, 5.74) is -0.222. The molecular formula is C18H30O4. The van der Waals surface area contributed by atoms with Crippen LogP contribution in [-0.2, 0) is 14.2 Å². The molecule has 0 aromatic rings. The monoisotopic (exact) mass is 310 g/mol. The topological polar surface area (TPSA) is 47.9 Å². The Bertz CT molecular complexity index is 441. The molecule has 0 radical (unpaired) electrons. The van der Waals surface area contributed by atoms with E-state index in [1.54, 1.807) is 0 Å². The van der Waals surface area contributed by atoms with Crippen molar-refractivity contribution >= 4 is 0 Å². The predicted molar refractivity (Wildman–Crippen MR) is 82.1 cm³/mol. The molecule has 1 aliphatic carbocycles. The van der Waals surface area contributed by atoms with Crippen molar-refractivity contribution in [3.8, 4) is 0 Å². The highest BCUT2D eigenvalue weighted by atomic mass is 16.8. The Labute approximate surface area is 133 Å². The van der Waals surface area contributed by atoms with E-state index in [-0.39, 0.29) is 24.6 Å². The first kappa shape index (κ1) is 15.4. The lowest BCUT2D eigenvalue weighted by Crippen LogP contribution is -2.66. The zero-order valence-corrected chi connectivity index (χ0v) is 14.1. The fourth-order valence-corrected chi connectivity index (χ4v) is 5.87. The summed E-state index contributed by atoms with van der Waals surface area (Å²) in [6.07, 6.45) is 6.38. The molecule has 0 amide bonds. The van der Waals surface area contributed by atoms with Gasteiger partial charge in [0.2, 0.25) is 0 Å². The average Bonchev–Trinajstić information content (AvgIpc) is 2.70. The summed E-state index contributed by atoms with van der Waals surface area (Å²) < 4.78 is 19.4. The van der Waals surface area contributed by atoms with Gasteiger partial charge in [0.15, 0.2) is 12.1 Å². The molecule has 4 rings (SSSR count). The highest BCUT2D eigenvalue weighted by Crippen LogP contribution is 2.63. The van der Waals surface area contributed by atoms with Crippen LogP contribution in [0.25, 0.3) is 0 Å². The first-order chi connectivity index (χ1) is 10.5. The zero-order chi connectivity index (χ0) is 15.5. The minimum Gasteiger partial charge on any atom is -0.396 e. The van der Waals surface area contributed by atoms with Gasteiger partial charge in [0.25, 0.3) is 0 Å². The Morgan fingerprint density at radius 1 is 1.14 bits per heavy atom. The maximum absolute atomic E-state index is 9.16. The highest BCUT2D eigenvalue weighted by molar-refractivity contribution is 5.13. The van der Waals surface area contributed by atoms with Gasteiger partial charge in [-0.15, -0.1) is 0 Å². The lowest BCUT2D eigenvalue weighted by molar-refractivity contribution is -0.289. The summed E-state index contributed by atoms with van der Waals surface area (Å²) >= 11 is 0. The Balaban J connectivity index is 1.68. The van der Waals surface area contributed by atoms with Crippen molar-refractivity contribution in [3.05, 3.63) is 0 Å². The third-order valence-electron chi connectivity index (χ3n) is 6.97. The van der Waals surface area contributed by atoms with Crippen LogP contribution in [0, 0.1) is 23.7 Å². The molecule has 3 heterocycles. The molecule has 2 bridgehead atoms. The molecule has 1 saturated carbocycles. The van der Waals surface area contributed by atoms with Crippen LogP contribution in [0.15, 0.2) is 0 Å². The van der Waals surface area contributed by atoms with Crippen molar-refractivity contribution < 1.29 is 19.3 Å². The lowest BCUT2D eigenvalue weighted by Gasteiger charge is -2.58. The van der Waals surface area contributed by atoms with Crippen molar-refractivity contribution in [2.75, 3.05) is 6.61 Å². The number of ether oxygens (including phenoxy) is 3. The summed E-state index contributed by atoms with van der Waals surface area (Å²) in [6, 6.07) is 0. The van der Waals surface area contributed by atoms with Gasteiger partial charge in [-0.05, 0) is 62.7 Å². The summed E-state index contributed by atoms with van der Waals surface area (Å²) in [7, 11) is 0. The standard InChI is InChI=1S/C18H30O4/c1-11-6-7-14-12(2)15(5-4-10-19)20-16-18(14)13(11)8-9-17(3,21-16)22-18/h11-16,19H,4-10H2,1-3H3/t11-,12-,13+,14+,15-,16?,17?,18-/m1/s1. The SMILES string of the molecule is C[C@H]1[C@@H](CCCO)OC2OC3(C)CC[C@H]4[C@H](C)CC[C@@H]1[C@@]24O3. The molecule has 1 N–H and O–H groups in total. The summed E-state index contributed by atoms with van der Waals surface area (Å²) in [6.45, 7) is 7.02. The van der Waals surface area contributed by atoms with Gasteiger partial charge in [-0.25, -0.2) is 0 Å². The number of hydrogen-bond donors (Lipinski definition) is 1. The van der Waals surface area contributed by atoms with Crippen LogP contribution < -0.4 is 0 Å². The van der Waals surface area contributed by atoms with Gasteiger partial charge in [0.1, 0.15) is 5.60 Å².